The number of anilines is 1. The van der Waals surface area contributed by atoms with Crippen molar-refractivity contribution in [3.63, 3.8) is 0 Å². The van der Waals surface area contributed by atoms with Crippen molar-refractivity contribution in [1.29, 1.82) is 0 Å². The highest BCUT2D eigenvalue weighted by molar-refractivity contribution is 9.10. The third-order valence-electron chi connectivity index (χ3n) is 2.02. The van der Waals surface area contributed by atoms with Gasteiger partial charge in [-0.25, -0.2) is 9.97 Å². The van der Waals surface area contributed by atoms with E-state index in [-0.39, 0.29) is 6.04 Å². The summed E-state index contributed by atoms with van der Waals surface area (Å²) in [6, 6.07) is 3.99. The van der Waals surface area contributed by atoms with Crippen molar-refractivity contribution in [1.82, 2.24) is 15.0 Å². The Kier molecular flexibility index (Phi) is 3.01. The smallest absolute Gasteiger partial charge is 0.128 e. The molecule has 2 N–H and O–H groups in total. The van der Waals surface area contributed by atoms with E-state index >= 15 is 0 Å². The van der Waals surface area contributed by atoms with Crippen molar-refractivity contribution >= 4 is 21.7 Å². The number of imidazole rings is 1. The van der Waals surface area contributed by atoms with Crippen LogP contribution in [-0.4, -0.2) is 15.0 Å². The largest absolute Gasteiger partial charge is 0.360 e. The molecule has 78 valence electrons. The number of nitrogens with zero attached hydrogens (tertiary/aromatic N) is 2. The number of halogens is 1. The van der Waals surface area contributed by atoms with Gasteiger partial charge in [0.05, 0.1) is 6.04 Å². The SMILES string of the molecule is CC(Nc1ccc(Br)cn1)c1ncc[nH]1. The van der Waals surface area contributed by atoms with E-state index in [1.807, 2.05) is 25.3 Å². The summed E-state index contributed by atoms with van der Waals surface area (Å²) >= 11 is 3.34. The number of hydrogen-bond donors (Lipinski definition) is 2. The van der Waals surface area contributed by atoms with Gasteiger partial charge in [-0.2, -0.15) is 0 Å². The first-order valence-electron chi connectivity index (χ1n) is 4.63. The monoisotopic (exact) mass is 266 g/mol. The minimum atomic E-state index is 0.119. The highest BCUT2D eigenvalue weighted by atomic mass is 79.9. The molecular formula is C10H11BrN4. The topological polar surface area (TPSA) is 53.6 Å². The van der Waals surface area contributed by atoms with Gasteiger partial charge in [0.1, 0.15) is 11.6 Å². The molecular weight excluding hydrogens is 256 g/mol. The number of hydrogen-bond acceptors (Lipinski definition) is 3. The molecule has 0 spiro atoms. The van der Waals surface area contributed by atoms with Crippen molar-refractivity contribution < 1.29 is 0 Å². The molecule has 0 saturated heterocycles. The summed E-state index contributed by atoms with van der Waals surface area (Å²) in [5, 5.41) is 3.25. The normalized spacial score (nSPS) is 12.4. The van der Waals surface area contributed by atoms with E-state index in [1.165, 1.54) is 0 Å². The van der Waals surface area contributed by atoms with Crippen LogP contribution in [0.2, 0.25) is 0 Å². The number of aromatic nitrogens is 3. The minimum Gasteiger partial charge on any atom is -0.360 e. The van der Waals surface area contributed by atoms with Crippen LogP contribution >= 0.6 is 15.9 Å². The van der Waals surface area contributed by atoms with Crippen molar-refractivity contribution in [3.8, 4) is 0 Å². The lowest BCUT2D eigenvalue weighted by atomic mass is 10.3. The fourth-order valence-electron chi connectivity index (χ4n) is 1.27. The Morgan fingerprint density at radius 1 is 1.40 bits per heavy atom. The van der Waals surface area contributed by atoms with Gasteiger partial charge in [-0.05, 0) is 35.0 Å². The molecule has 4 nitrogen and oxygen atoms in total. The molecule has 0 aliphatic carbocycles. The second-order valence-corrected chi connectivity index (χ2v) is 4.12. The lowest BCUT2D eigenvalue weighted by Gasteiger charge is -2.11. The molecule has 0 aliphatic heterocycles. The van der Waals surface area contributed by atoms with E-state index in [4.69, 9.17) is 0 Å². The number of rotatable bonds is 3. The maximum absolute atomic E-state index is 4.23. The fourth-order valence-corrected chi connectivity index (χ4v) is 1.50. The van der Waals surface area contributed by atoms with Crippen LogP contribution in [0.4, 0.5) is 5.82 Å². The zero-order chi connectivity index (χ0) is 10.7. The average molecular weight is 267 g/mol. The Balaban J connectivity index is 2.06. The molecule has 2 aromatic rings. The van der Waals surface area contributed by atoms with Gasteiger partial charge in [-0.3, -0.25) is 0 Å². The molecule has 0 aliphatic rings. The average Bonchev–Trinajstić information content (AvgIpc) is 2.74. The van der Waals surface area contributed by atoms with Crippen molar-refractivity contribution in [2.45, 2.75) is 13.0 Å². The highest BCUT2D eigenvalue weighted by Crippen LogP contribution is 2.15. The van der Waals surface area contributed by atoms with Crippen LogP contribution in [-0.2, 0) is 0 Å². The maximum atomic E-state index is 4.23. The Bertz CT molecular complexity index is 409. The number of nitrogens with one attached hydrogen (secondary N) is 2. The molecule has 15 heavy (non-hydrogen) atoms. The summed E-state index contributed by atoms with van der Waals surface area (Å²) in [6.45, 7) is 2.03. The Labute approximate surface area is 96.3 Å². The first-order chi connectivity index (χ1) is 7.25. The summed E-state index contributed by atoms with van der Waals surface area (Å²) < 4.78 is 0.971. The summed E-state index contributed by atoms with van der Waals surface area (Å²) in [7, 11) is 0. The summed E-state index contributed by atoms with van der Waals surface area (Å²) in [5.41, 5.74) is 0. The molecule has 1 unspecified atom stereocenters. The predicted octanol–water partition coefficient (Wildman–Crippen LogP) is 2.74. The van der Waals surface area contributed by atoms with E-state index in [1.54, 1.807) is 12.4 Å². The van der Waals surface area contributed by atoms with Gasteiger partial charge in [0, 0.05) is 23.1 Å². The van der Waals surface area contributed by atoms with Crippen LogP contribution < -0.4 is 5.32 Å². The zero-order valence-corrected chi connectivity index (χ0v) is 9.82. The molecule has 1 atom stereocenters. The van der Waals surface area contributed by atoms with Gasteiger partial charge in [0.25, 0.3) is 0 Å². The van der Waals surface area contributed by atoms with E-state index in [2.05, 4.69) is 36.2 Å². The third-order valence-corrected chi connectivity index (χ3v) is 2.49. The van der Waals surface area contributed by atoms with Gasteiger partial charge in [0.15, 0.2) is 0 Å². The Hall–Kier alpha value is -1.36. The van der Waals surface area contributed by atoms with Gasteiger partial charge in [-0.1, -0.05) is 0 Å². The van der Waals surface area contributed by atoms with E-state index in [0.717, 1.165) is 16.1 Å². The quantitative estimate of drug-likeness (QED) is 0.899. The molecule has 0 radical (unpaired) electrons. The summed E-state index contributed by atoms with van der Waals surface area (Å²) in [6.07, 6.45) is 5.31. The van der Waals surface area contributed by atoms with Crippen LogP contribution in [0, 0.1) is 0 Å². The van der Waals surface area contributed by atoms with E-state index in [9.17, 15) is 0 Å². The van der Waals surface area contributed by atoms with Crippen LogP contribution in [0.1, 0.15) is 18.8 Å². The minimum absolute atomic E-state index is 0.119. The molecule has 2 aromatic heterocycles. The number of H-pyrrole nitrogens is 1. The lowest BCUT2D eigenvalue weighted by molar-refractivity contribution is 0.804. The van der Waals surface area contributed by atoms with Crippen LogP contribution in [0.25, 0.3) is 0 Å². The van der Waals surface area contributed by atoms with E-state index in [0.29, 0.717) is 0 Å². The first-order valence-corrected chi connectivity index (χ1v) is 5.42. The zero-order valence-electron chi connectivity index (χ0n) is 8.24. The molecule has 0 bridgehead atoms. The second-order valence-electron chi connectivity index (χ2n) is 3.20. The molecule has 2 rings (SSSR count). The fraction of sp³-hybridized carbons (Fsp3) is 0.200. The van der Waals surface area contributed by atoms with Crippen molar-refractivity contribution in [2.24, 2.45) is 0 Å². The second kappa shape index (κ2) is 4.44. The maximum Gasteiger partial charge on any atom is 0.128 e. The number of aromatic amines is 1. The molecule has 0 amide bonds. The Morgan fingerprint density at radius 3 is 2.87 bits per heavy atom. The first kappa shape index (κ1) is 10.2. The summed E-state index contributed by atoms with van der Waals surface area (Å²) in [4.78, 5) is 11.5. The van der Waals surface area contributed by atoms with Crippen LogP contribution in [0.15, 0.2) is 35.2 Å². The summed E-state index contributed by atoms with van der Waals surface area (Å²) in [5.74, 6) is 1.74. The van der Waals surface area contributed by atoms with Crippen LogP contribution in [0.3, 0.4) is 0 Å². The van der Waals surface area contributed by atoms with Crippen molar-refractivity contribution in [2.75, 3.05) is 5.32 Å². The molecule has 2 heterocycles. The standard InChI is InChI=1S/C10H11BrN4/c1-7(10-12-4-5-13-10)15-9-3-2-8(11)6-14-9/h2-7H,1H3,(H,12,13)(H,14,15). The van der Waals surface area contributed by atoms with E-state index < -0.39 is 0 Å². The molecule has 0 aromatic carbocycles. The number of pyridine rings is 1. The Morgan fingerprint density at radius 2 is 2.27 bits per heavy atom. The predicted molar refractivity (Wildman–Crippen MR) is 62.6 cm³/mol. The van der Waals surface area contributed by atoms with Gasteiger partial charge in [-0.15, -0.1) is 0 Å². The molecule has 0 saturated carbocycles. The van der Waals surface area contributed by atoms with Gasteiger partial charge < -0.3 is 10.3 Å². The van der Waals surface area contributed by atoms with Crippen LogP contribution in [0.5, 0.6) is 0 Å². The van der Waals surface area contributed by atoms with Crippen molar-refractivity contribution in [3.05, 3.63) is 41.0 Å². The van der Waals surface area contributed by atoms with Gasteiger partial charge in [0.2, 0.25) is 0 Å². The molecule has 5 heteroatoms. The lowest BCUT2D eigenvalue weighted by Crippen LogP contribution is -2.09. The third kappa shape index (κ3) is 2.56. The molecule has 0 fully saturated rings. The highest BCUT2D eigenvalue weighted by Gasteiger charge is 2.07. The van der Waals surface area contributed by atoms with Gasteiger partial charge >= 0.3 is 0 Å².